The second kappa shape index (κ2) is 8.88. The highest BCUT2D eigenvalue weighted by Gasteiger charge is 2.34. The van der Waals surface area contributed by atoms with E-state index in [0.717, 1.165) is 24.9 Å². The van der Waals surface area contributed by atoms with Gasteiger partial charge in [0, 0.05) is 32.1 Å². The highest BCUT2D eigenvalue weighted by Crippen LogP contribution is 2.25. The Hall–Kier alpha value is -3.22. The Balaban J connectivity index is 1.27. The molecule has 6 nitrogen and oxygen atoms in total. The van der Waals surface area contributed by atoms with Crippen molar-refractivity contribution in [3.8, 4) is 0 Å². The average molecular weight is 423 g/mol. The van der Waals surface area contributed by atoms with Crippen LogP contribution in [-0.4, -0.2) is 48.3 Å². The molecule has 1 atom stereocenters. The summed E-state index contributed by atoms with van der Waals surface area (Å²) in [6.07, 6.45) is 2.34. The second-order valence-electron chi connectivity index (χ2n) is 8.22. The predicted molar refractivity (Wildman–Crippen MR) is 116 cm³/mol. The normalized spacial score (nSPS) is 18.3. The van der Waals surface area contributed by atoms with Gasteiger partial charge in [0.2, 0.25) is 5.91 Å². The molecule has 0 aliphatic carbocycles. The van der Waals surface area contributed by atoms with Gasteiger partial charge in [-0.05, 0) is 56.0 Å². The van der Waals surface area contributed by atoms with E-state index in [-0.39, 0.29) is 42.5 Å². The minimum atomic E-state index is -0.302. The van der Waals surface area contributed by atoms with E-state index in [4.69, 9.17) is 0 Å². The molecule has 31 heavy (non-hydrogen) atoms. The highest BCUT2D eigenvalue weighted by molar-refractivity contribution is 6.21. The first-order valence-corrected chi connectivity index (χ1v) is 10.7. The second-order valence-corrected chi connectivity index (χ2v) is 8.22. The largest absolute Gasteiger partial charge is 0.367 e. The lowest BCUT2D eigenvalue weighted by atomic mass is 10.0. The third kappa shape index (κ3) is 4.45. The highest BCUT2D eigenvalue weighted by atomic mass is 19.1. The Morgan fingerprint density at radius 1 is 1.13 bits per heavy atom. The molecule has 0 bridgehead atoms. The van der Waals surface area contributed by atoms with E-state index in [1.807, 2.05) is 17.9 Å². The topological polar surface area (TPSA) is 69.7 Å². The molecule has 0 saturated carbocycles. The van der Waals surface area contributed by atoms with E-state index in [1.54, 1.807) is 30.3 Å². The third-order valence-electron chi connectivity index (χ3n) is 5.89. The Morgan fingerprint density at radius 2 is 1.84 bits per heavy atom. The summed E-state index contributed by atoms with van der Waals surface area (Å²) < 4.78 is 14.2. The van der Waals surface area contributed by atoms with E-state index in [1.165, 1.54) is 11.0 Å². The van der Waals surface area contributed by atoms with E-state index in [0.29, 0.717) is 29.8 Å². The van der Waals surface area contributed by atoms with Crippen LogP contribution in [0, 0.1) is 12.7 Å². The molecule has 0 aromatic heterocycles. The molecular formula is C24H26FN3O3. The van der Waals surface area contributed by atoms with Crippen molar-refractivity contribution in [2.75, 3.05) is 24.5 Å². The van der Waals surface area contributed by atoms with Gasteiger partial charge in [-0.15, -0.1) is 0 Å². The Kier molecular flexibility index (Phi) is 6.02. The smallest absolute Gasteiger partial charge is 0.261 e. The fraction of sp³-hybridized carbons (Fsp3) is 0.375. The zero-order chi connectivity index (χ0) is 22.0. The van der Waals surface area contributed by atoms with Crippen LogP contribution in [0.2, 0.25) is 0 Å². The van der Waals surface area contributed by atoms with Crippen LogP contribution >= 0.6 is 0 Å². The van der Waals surface area contributed by atoms with Crippen molar-refractivity contribution < 1.29 is 18.8 Å². The molecule has 2 heterocycles. The minimum Gasteiger partial charge on any atom is -0.367 e. The van der Waals surface area contributed by atoms with E-state index < -0.39 is 0 Å². The molecule has 1 N–H and O–H groups in total. The van der Waals surface area contributed by atoms with Gasteiger partial charge in [-0.25, -0.2) is 4.39 Å². The van der Waals surface area contributed by atoms with Crippen molar-refractivity contribution >= 4 is 23.4 Å². The SMILES string of the molecule is Cc1ccc(F)c(N2CCCC(NC(=O)CCCN3C(=O)c4ccccc4C3=O)C2)c1. The van der Waals surface area contributed by atoms with Crippen LogP contribution < -0.4 is 10.2 Å². The molecule has 2 aromatic carbocycles. The number of rotatable bonds is 6. The first-order valence-electron chi connectivity index (χ1n) is 10.7. The van der Waals surface area contributed by atoms with Crippen molar-refractivity contribution in [2.45, 2.75) is 38.6 Å². The maximum absolute atomic E-state index is 14.2. The van der Waals surface area contributed by atoms with Gasteiger partial charge >= 0.3 is 0 Å². The first-order chi connectivity index (χ1) is 14.9. The Labute approximate surface area is 181 Å². The lowest BCUT2D eigenvalue weighted by molar-refractivity contribution is -0.122. The molecule has 2 aliphatic heterocycles. The van der Waals surface area contributed by atoms with Crippen LogP contribution in [0.15, 0.2) is 42.5 Å². The van der Waals surface area contributed by atoms with Gasteiger partial charge in [-0.1, -0.05) is 18.2 Å². The molecule has 0 spiro atoms. The number of anilines is 1. The number of hydrogen-bond acceptors (Lipinski definition) is 4. The van der Waals surface area contributed by atoms with Crippen LogP contribution in [-0.2, 0) is 4.79 Å². The number of carbonyl (C=O) groups is 3. The number of nitrogens with one attached hydrogen (secondary N) is 1. The Morgan fingerprint density at radius 3 is 2.55 bits per heavy atom. The van der Waals surface area contributed by atoms with Gasteiger partial charge in [0.1, 0.15) is 5.82 Å². The number of aryl methyl sites for hydroxylation is 1. The van der Waals surface area contributed by atoms with Crippen LogP contribution in [0.5, 0.6) is 0 Å². The minimum absolute atomic E-state index is 0.0551. The van der Waals surface area contributed by atoms with Crippen molar-refractivity contribution in [3.05, 3.63) is 65.0 Å². The van der Waals surface area contributed by atoms with E-state index in [9.17, 15) is 18.8 Å². The van der Waals surface area contributed by atoms with Crippen LogP contribution in [0.25, 0.3) is 0 Å². The fourth-order valence-corrected chi connectivity index (χ4v) is 4.32. The number of halogens is 1. The first kappa shape index (κ1) is 21.0. The lowest BCUT2D eigenvalue weighted by Gasteiger charge is -2.35. The summed E-state index contributed by atoms with van der Waals surface area (Å²) in [6, 6.07) is 11.8. The monoisotopic (exact) mass is 423 g/mol. The molecule has 4 rings (SSSR count). The molecule has 7 heteroatoms. The molecule has 2 aromatic rings. The van der Waals surface area contributed by atoms with Gasteiger partial charge < -0.3 is 10.2 Å². The van der Waals surface area contributed by atoms with Gasteiger partial charge in [0.05, 0.1) is 16.8 Å². The summed E-state index contributed by atoms with van der Waals surface area (Å²) in [5, 5.41) is 3.03. The number of nitrogens with zero attached hydrogens (tertiary/aromatic N) is 2. The molecule has 1 unspecified atom stereocenters. The Bertz CT molecular complexity index is 988. The number of carbonyl (C=O) groups excluding carboxylic acids is 3. The van der Waals surface area contributed by atoms with E-state index in [2.05, 4.69) is 5.32 Å². The maximum atomic E-state index is 14.2. The van der Waals surface area contributed by atoms with Crippen LogP contribution in [0.4, 0.5) is 10.1 Å². The van der Waals surface area contributed by atoms with Crippen molar-refractivity contribution in [3.63, 3.8) is 0 Å². The molecule has 2 aliphatic rings. The van der Waals surface area contributed by atoms with Gasteiger partial charge in [0.15, 0.2) is 0 Å². The van der Waals surface area contributed by atoms with Crippen LogP contribution in [0.3, 0.4) is 0 Å². The zero-order valence-electron chi connectivity index (χ0n) is 17.6. The third-order valence-corrected chi connectivity index (χ3v) is 5.89. The molecule has 162 valence electrons. The van der Waals surface area contributed by atoms with Gasteiger partial charge in [0.25, 0.3) is 11.8 Å². The number of hydrogen-bond donors (Lipinski definition) is 1. The summed E-state index contributed by atoms with van der Waals surface area (Å²) in [5.41, 5.74) is 2.41. The summed E-state index contributed by atoms with van der Waals surface area (Å²) >= 11 is 0. The van der Waals surface area contributed by atoms with Crippen molar-refractivity contribution in [1.82, 2.24) is 10.2 Å². The van der Waals surface area contributed by atoms with Gasteiger partial charge in [-0.2, -0.15) is 0 Å². The summed E-state index contributed by atoms with van der Waals surface area (Å²) in [6.45, 7) is 3.46. The molecule has 0 radical (unpaired) electrons. The zero-order valence-corrected chi connectivity index (χ0v) is 17.6. The fourth-order valence-electron chi connectivity index (χ4n) is 4.32. The number of imide groups is 1. The summed E-state index contributed by atoms with van der Waals surface area (Å²) in [5.74, 6) is -0.972. The van der Waals surface area contributed by atoms with Gasteiger partial charge in [-0.3, -0.25) is 19.3 Å². The standard InChI is InChI=1S/C24H26FN3O3/c1-16-10-11-20(25)21(14-16)27-12-4-6-17(15-27)26-22(29)9-5-13-28-23(30)18-7-2-3-8-19(18)24(28)31/h2-3,7-8,10-11,14,17H,4-6,9,12-13,15H2,1H3,(H,26,29). The summed E-state index contributed by atoms with van der Waals surface area (Å²) in [4.78, 5) is 40.4. The number of fused-ring (bicyclic) bond motifs is 1. The van der Waals surface area contributed by atoms with E-state index >= 15 is 0 Å². The number of amides is 3. The van der Waals surface area contributed by atoms with Crippen LogP contribution in [0.1, 0.15) is 52.0 Å². The molecule has 3 amide bonds. The molecule has 1 fully saturated rings. The van der Waals surface area contributed by atoms with Crippen molar-refractivity contribution in [2.24, 2.45) is 0 Å². The average Bonchev–Trinajstić information content (AvgIpc) is 3.01. The number of piperidine rings is 1. The lowest BCUT2D eigenvalue weighted by Crippen LogP contribution is -2.48. The maximum Gasteiger partial charge on any atom is 0.261 e. The summed E-state index contributed by atoms with van der Waals surface area (Å²) in [7, 11) is 0. The van der Waals surface area contributed by atoms with Crippen molar-refractivity contribution in [1.29, 1.82) is 0 Å². The predicted octanol–water partition coefficient (Wildman–Crippen LogP) is 3.30. The molecular weight excluding hydrogens is 397 g/mol. The molecule has 1 saturated heterocycles. The number of benzene rings is 2. The quantitative estimate of drug-likeness (QED) is 0.724.